The van der Waals surface area contributed by atoms with E-state index in [1.165, 1.54) is 11.1 Å². The molecule has 1 fully saturated rings. The van der Waals surface area contributed by atoms with Crippen molar-refractivity contribution < 1.29 is 0 Å². The smallest absolute Gasteiger partial charge is 0.0486 e. The van der Waals surface area contributed by atoms with E-state index >= 15 is 0 Å². The summed E-state index contributed by atoms with van der Waals surface area (Å²) in [7, 11) is 0. The zero-order valence-corrected chi connectivity index (χ0v) is 10.4. The number of nitrogens with two attached hydrogens (primary N) is 1. The Morgan fingerprint density at radius 2 is 1.41 bits per heavy atom. The molecule has 0 bridgehead atoms. The highest BCUT2D eigenvalue weighted by Gasteiger charge is 2.52. The van der Waals surface area contributed by atoms with Crippen LogP contribution >= 0.6 is 12.4 Å². The first-order valence-corrected chi connectivity index (χ1v) is 5.70. The van der Waals surface area contributed by atoms with Gasteiger partial charge in [0.15, 0.2) is 0 Å². The Bertz CT molecular complexity index is 483. The Kier molecular flexibility index (Phi) is 3.23. The molecule has 0 radical (unpaired) electrons. The van der Waals surface area contributed by atoms with Gasteiger partial charge < -0.3 is 5.73 Å². The van der Waals surface area contributed by atoms with Crippen LogP contribution in [0.5, 0.6) is 0 Å². The highest BCUT2D eigenvalue weighted by Crippen LogP contribution is 2.56. The molecule has 0 aromatic heterocycles. The fraction of sp³-hybridized carbons (Fsp3) is 0.200. The largest absolute Gasteiger partial charge is 0.321 e. The highest BCUT2D eigenvalue weighted by molar-refractivity contribution is 5.85. The fourth-order valence-corrected chi connectivity index (χ4v) is 2.45. The van der Waals surface area contributed by atoms with Crippen LogP contribution in [0.2, 0.25) is 0 Å². The molecular formula is C15H16ClN. The van der Waals surface area contributed by atoms with E-state index in [-0.39, 0.29) is 17.9 Å². The van der Waals surface area contributed by atoms with Gasteiger partial charge in [-0.05, 0) is 17.5 Å². The fourth-order valence-electron chi connectivity index (χ4n) is 2.45. The van der Waals surface area contributed by atoms with Crippen LogP contribution in [0.1, 0.15) is 23.5 Å². The van der Waals surface area contributed by atoms with Crippen molar-refractivity contribution in [1.82, 2.24) is 0 Å². The summed E-state index contributed by atoms with van der Waals surface area (Å²) in [5.41, 5.74) is 8.92. The number of halogens is 1. The average Bonchev–Trinajstić information content (AvgIpc) is 3.06. The zero-order chi connectivity index (χ0) is 11.0. The summed E-state index contributed by atoms with van der Waals surface area (Å²) in [5, 5.41) is 0. The van der Waals surface area contributed by atoms with Crippen LogP contribution in [0.3, 0.4) is 0 Å². The van der Waals surface area contributed by atoms with Gasteiger partial charge in [-0.2, -0.15) is 0 Å². The standard InChI is InChI=1S/C15H15N.ClH/c16-15(13-9-5-2-6-10-13)11-14(15)12-7-3-1-4-8-12;/h1-10,14H,11,16H2;1H/t14-,15+;/m1./s1. The Hall–Kier alpha value is -1.31. The van der Waals surface area contributed by atoms with Crippen molar-refractivity contribution in [2.75, 3.05) is 0 Å². The van der Waals surface area contributed by atoms with Gasteiger partial charge in [-0.1, -0.05) is 60.7 Å². The summed E-state index contributed by atoms with van der Waals surface area (Å²) < 4.78 is 0. The van der Waals surface area contributed by atoms with E-state index in [9.17, 15) is 0 Å². The maximum atomic E-state index is 6.44. The molecule has 0 aliphatic heterocycles. The molecule has 1 saturated carbocycles. The molecule has 1 aliphatic carbocycles. The van der Waals surface area contributed by atoms with Crippen molar-refractivity contribution in [2.45, 2.75) is 17.9 Å². The molecule has 2 atom stereocenters. The van der Waals surface area contributed by atoms with E-state index < -0.39 is 0 Å². The molecule has 0 saturated heterocycles. The van der Waals surface area contributed by atoms with E-state index in [2.05, 4.69) is 48.5 Å². The third kappa shape index (κ3) is 2.08. The molecule has 17 heavy (non-hydrogen) atoms. The molecular weight excluding hydrogens is 230 g/mol. The van der Waals surface area contributed by atoms with Gasteiger partial charge in [0.1, 0.15) is 0 Å². The van der Waals surface area contributed by atoms with Crippen molar-refractivity contribution >= 4 is 12.4 Å². The molecule has 3 rings (SSSR count). The van der Waals surface area contributed by atoms with Gasteiger partial charge in [0, 0.05) is 11.5 Å². The van der Waals surface area contributed by atoms with E-state index in [1.807, 2.05) is 12.1 Å². The van der Waals surface area contributed by atoms with Gasteiger partial charge in [-0.3, -0.25) is 0 Å². The van der Waals surface area contributed by atoms with Gasteiger partial charge in [-0.25, -0.2) is 0 Å². The number of hydrogen-bond acceptors (Lipinski definition) is 1. The molecule has 2 N–H and O–H groups in total. The second kappa shape index (κ2) is 4.52. The number of benzene rings is 2. The molecule has 0 spiro atoms. The predicted octanol–water partition coefficient (Wildman–Crippen LogP) is 3.45. The van der Waals surface area contributed by atoms with Crippen molar-refractivity contribution in [2.24, 2.45) is 5.73 Å². The molecule has 2 aromatic rings. The van der Waals surface area contributed by atoms with Crippen molar-refractivity contribution in [3.8, 4) is 0 Å². The van der Waals surface area contributed by atoms with E-state index in [0.717, 1.165) is 6.42 Å². The van der Waals surface area contributed by atoms with E-state index in [4.69, 9.17) is 5.73 Å². The summed E-state index contributed by atoms with van der Waals surface area (Å²) in [6.07, 6.45) is 1.06. The first kappa shape index (κ1) is 12.2. The van der Waals surface area contributed by atoms with Crippen LogP contribution in [0.15, 0.2) is 60.7 Å². The van der Waals surface area contributed by atoms with Crippen molar-refractivity contribution in [3.63, 3.8) is 0 Å². The Labute approximate surface area is 108 Å². The minimum Gasteiger partial charge on any atom is -0.321 e. The van der Waals surface area contributed by atoms with Crippen LogP contribution in [-0.2, 0) is 5.54 Å². The lowest BCUT2D eigenvalue weighted by Gasteiger charge is -2.11. The third-order valence-electron chi connectivity index (χ3n) is 3.52. The van der Waals surface area contributed by atoms with Crippen LogP contribution in [0.4, 0.5) is 0 Å². The van der Waals surface area contributed by atoms with Crippen molar-refractivity contribution in [3.05, 3.63) is 71.8 Å². The topological polar surface area (TPSA) is 26.0 Å². The van der Waals surface area contributed by atoms with E-state index in [0.29, 0.717) is 5.92 Å². The van der Waals surface area contributed by atoms with Gasteiger partial charge in [-0.15, -0.1) is 12.4 Å². The number of hydrogen-bond donors (Lipinski definition) is 1. The highest BCUT2D eigenvalue weighted by atomic mass is 35.5. The Balaban J connectivity index is 0.00000108. The lowest BCUT2D eigenvalue weighted by atomic mass is 10.00. The predicted molar refractivity (Wildman–Crippen MR) is 73.4 cm³/mol. The third-order valence-corrected chi connectivity index (χ3v) is 3.52. The van der Waals surface area contributed by atoms with Gasteiger partial charge in [0.25, 0.3) is 0 Å². The monoisotopic (exact) mass is 245 g/mol. The number of rotatable bonds is 2. The first-order chi connectivity index (χ1) is 7.81. The molecule has 2 aromatic carbocycles. The Morgan fingerprint density at radius 3 is 2.00 bits per heavy atom. The molecule has 0 amide bonds. The SMILES string of the molecule is Cl.N[C@]1(c2ccccc2)C[C@@H]1c1ccccc1. The van der Waals surface area contributed by atoms with Gasteiger partial charge >= 0.3 is 0 Å². The van der Waals surface area contributed by atoms with Gasteiger partial charge in [0.2, 0.25) is 0 Å². The molecule has 1 aliphatic rings. The van der Waals surface area contributed by atoms with Crippen molar-refractivity contribution in [1.29, 1.82) is 0 Å². The molecule has 1 nitrogen and oxygen atoms in total. The maximum Gasteiger partial charge on any atom is 0.0486 e. The lowest BCUT2D eigenvalue weighted by molar-refractivity contribution is 0.706. The van der Waals surface area contributed by atoms with Crippen LogP contribution in [0.25, 0.3) is 0 Å². The first-order valence-electron chi connectivity index (χ1n) is 5.70. The van der Waals surface area contributed by atoms with Crippen LogP contribution in [0, 0.1) is 0 Å². The minimum atomic E-state index is -0.136. The molecule has 2 heteroatoms. The molecule has 0 heterocycles. The lowest BCUT2D eigenvalue weighted by Crippen LogP contribution is -2.21. The summed E-state index contributed by atoms with van der Waals surface area (Å²) in [5.74, 6) is 0.482. The molecule has 88 valence electrons. The van der Waals surface area contributed by atoms with Gasteiger partial charge in [0.05, 0.1) is 0 Å². The normalized spacial score (nSPS) is 26.1. The summed E-state index contributed by atoms with van der Waals surface area (Å²) >= 11 is 0. The quantitative estimate of drug-likeness (QED) is 0.862. The average molecular weight is 246 g/mol. The summed E-state index contributed by atoms with van der Waals surface area (Å²) in [6, 6.07) is 21.0. The van der Waals surface area contributed by atoms with Crippen LogP contribution < -0.4 is 5.73 Å². The second-order valence-electron chi connectivity index (χ2n) is 4.57. The minimum absolute atomic E-state index is 0. The molecule has 0 unspecified atom stereocenters. The maximum absolute atomic E-state index is 6.44. The zero-order valence-electron chi connectivity index (χ0n) is 9.54. The van der Waals surface area contributed by atoms with Crippen LogP contribution in [-0.4, -0.2) is 0 Å². The summed E-state index contributed by atoms with van der Waals surface area (Å²) in [6.45, 7) is 0. The second-order valence-corrected chi connectivity index (χ2v) is 4.57. The summed E-state index contributed by atoms with van der Waals surface area (Å²) in [4.78, 5) is 0. The van der Waals surface area contributed by atoms with E-state index in [1.54, 1.807) is 0 Å². The Morgan fingerprint density at radius 1 is 0.882 bits per heavy atom.